The molecule has 3 atom stereocenters. The highest BCUT2D eigenvalue weighted by molar-refractivity contribution is 8.08. The van der Waals surface area contributed by atoms with Gasteiger partial charge in [-0.05, 0) is 69.2 Å². The van der Waals surface area contributed by atoms with E-state index in [4.69, 9.17) is 14.7 Å². The largest absolute Gasteiger partial charge is 0.462 e. The van der Waals surface area contributed by atoms with Crippen LogP contribution in [0.4, 0.5) is 11.5 Å². The van der Waals surface area contributed by atoms with Crippen LogP contribution in [0.5, 0.6) is 6.01 Å². The van der Waals surface area contributed by atoms with Crippen LogP contribution < -0.4 is 14.5 Å². The Morgan fingerprint density at radius 1 is 1.19 bits per heavy atom. The zero-order valence-corrected chi connectivity index (χ0v) is 28.6. The summed E-state index contributed by atoms with van der Waals surface area (Å²) in [6.07, 6.45) is 6.48. The number of piperazine rings is 1. The van der Waals surface area contributed by atoms with Gasteiger partial charge in [-0.25, -0.2) is 0 Å². The molecule has 246 valence electrons. The molecule has 9 nitrogen and oxygen atoms in total. The average molecular weight is 652 g/mol. The van der Waals surface area contributed by atoms with Crippen LogP contribution in [0.25, 0.3) is 10.8 Å². The maximum Gasteiger partial charge on any atom is 0.318 e. The smallest absolute Gasteiger partial charge is 0.318 e. The number of thioether (sulfide) groups is 1. The normalized spacial score (nSPS) is 24.1. The molecule has 0 bridgehead atoms. The molecular weight excluding hydrogens is 607 g/mol. The number of amides is 1. The molecule has 1 saturated carbocycles. The third kappa shape index (κ3) is 6.04. The van der Waals surface area contributed by atoms with Gasteiger partial charge in [-0.2, -0.15) is 15.2 Å². The van der Waals surface area contributed by atoms with Gasteiger partial charge < -0.3 is 19.4 Å². The van der Waals surface area contributed by atoms with E-state index >= 15 is 0 Å². The van der Waals surface area contributed by atoms with E-state index in [9.17, 15) is 10.1 Å². The molecule has 1 amide bonds. The Kier molecular flexibility index (Phi) is 8.79. The van der Waals surface area contributed by atoms with Crippen molar-refractivity contribution < 1.29 is 9.53 Å². The van der Waals surface area contributed by atoms with E-state index in [0.29, 0.717) is 48.9 Å². The van der Waals surface area contributed by atoms with Gasteiger partial charge in [-0.3, -0.25) is 9.69 Å². The van der Waals surface area contributed by atoms with Gasteiger partial charge in [-0.1, -0.05) is 43.3 Å². The van der Waals surface area contributed by atoms with E-state index < -0.39 is 0 Å². The van der Waals surface area contributed by atoms with Crippen LogP contribution in [-0.2, 0) is 17.8 Å². The Morgan fingerprint density at radius 3 is 2.74 bits per heavy atom. The van der Waals surface area contributed by atoms with Crippen LogP contribution in [0.3, 0.4) is 0 Å². The number of rotatable bonds is 10. The van der Waals surface area contributed by atoms with Crippen molar-refractivity contribution in [3.05, 3.63) is 65.9 Å². The van der Waals surface area contributed by atoms with Gasteiger partial charge in [0.25, 0.3) is 0 Å². The Morgan fingerprint density at radius 2 is 2.00 bits per heavy atom. The summed E-state index contributed by atoms with van der Waals surface area (Å²) < 4.78 is 6.73. The summed E-state index contributed by atoms with van der Waals surface area (Å²) >= 11 is 2.09. The second kappa shape index (κ2) is 13.0. The van der Waals surface area contributed by atoms with Crippen LogP contribution in [0.1, 0.15) is 49.4 Å². The van der Waals surface area contributed by atoms with Crippen molar-refractivity contribution in [2.75, 3.05) is 56.2 Å². The topological polar surface area (TPSA) is 88.8 Å². The Bertz CT molecular complexity index is 1720. The number of hydrogen-bond acceptors (Lipinski definition) is 9. The third-order valence-corrected chi connectivity index (χ3v) is 12.7. The van der Waals surface area contributed by atoms with E-state index in [2.05, 4.69) is 96.4 Å². The average Bonchev–Trinajstić information content (AvgIpc) is 3.74. The van der Waals surface area contributed by atoms with E-state index in [0.717, 1.165) is 42.5 Å². The summed E-state index contributed by atoms with van der Waals surface area (Å²) in [6.45, 7) is 12.8. The van der Waals surface area contributed by atoms with E-state index in [1.807, 2.05) is 0 Å². The molecule has 3 fully saturated rings. The molecule has 1 aliphatic carbocycles. The SMILES string of the molecule is C=CC(=O)N1CCN(c2nc(OCCN(C)C3S[C@]3(C)C3CCC3)nc3c2CCN(c2cccc4cccc(C)c24)C3)C[C@@H]1CC#N. The lowest BCUT2D eigenvalue weighted by molar-refractivity contribution is -0.128. The highest BCUT2D eigenvalue weighted by Crippen LogP contribution is 2.63. The molecule has 4 aliphatic rings. The predicted octanol–water partition coefficient (Wildman–Crippen LogP) is 5.56. The van der Waals surface area contributed by atoms with E-state index in [1.165, 1.54) is 47.4 Å². The van der Waals surface area contributed by atoms with Crippen molar-refractivity contribution in [3.63, 3.8) is 0 Å². The number of aryl methyl sites for hydroxylation is 1. The number of nitriles is 1. The number of anilines is 2. The summed E-state index contributed by atoms with van der Waals surface area (Å²) in [5.74, 6) is 1.58. The maximum absolute atomic E-state index is 12.6. The highest BCUT2D eigenvalue weighted by Gasteiger charge is 2.59. The highest BCUT2D eigenvalue weighted by atomic mass is 32.2. The van der Waals surface area contributed by atoms with Crippen LogP contribution in [-0.4, -0.2) is 88.2 Å². The minimum atomic E-state index is -0.234. The standard InChI is InChI=1S/C37H45N7O2S/c1-5-32(45)44-20-19-43(23-28(44)15-17-38)34-29-16-18-42(31-14-7-11-26-10-6-9-25(2)33(26)31)24-30(29)39-36(40-34)46-22-21-41(4)35-37(3,47-35)27-12-8-13-27/h5-7,9-11,14,27-28,35H,1,8,12-13,15-16,18-24H2,2-4H3/t28-,35?,37+/m0/s1. The Labute approximate surface area is 282 Å². The molecule has 1 aromatic heterocycles. The van der Waals surface area contributed by atoms with Crippen molar-refractivity contribution in [2.24, 2.45) is 5.92 Å². The summed E-state index contributed by atoms with van der Waals surface area (Å²) in [5, 5.41) is 12.7. The lowest BCUT2D eigenvalue weighted by atomic mass is 9.76. The van der Waals surface area contributed by atoms with Crippen LogP contribution in [0.2, 0.25) is 0 Å². The zero-order valence-electron chi connectivity index (χ0n) is 27.8. The molecule has 2 saturated heterocycles. The second-order valence-corrected chi connectivity index (χ2v) is 15.2. The number of likely N-dealkylation sites (N-methyl/N-ethyl adjacent to an activating group) is 1. The maximum atomic E-state index is 12.6. The number of fused-ring (bicyclic) bond motifs is 2. The van der Waals surface area contributed by atoms with E-state index in [1.54, 1.807) is 4.90 Å². The lowest BCUT2D eigenvalue weighted by Gasteiger charge is -2.42. The van der Waals surface area contributed by atoms with Crippen molar-refractivity contribution in [1.82, 2.24) is 19.8 Å². The molecule has 0 radical (unpaired) electrons. The number of aromatic nitrogens is 2. The van der Waals surface area contributed by atoms with E-state index in [-0.39, 0.29) is 18.4 Å². The van der Waals surface area contributed by atoms with Crippen LogP contribution >= 0.6 is 11.8 Å². The number of ether oxygens (including phenoxy) is 1. The number of carbonyl (C=O) groups is 1. The van der Waals surface area contributed by atoms with Gasteiger partial charge in [0.05, 0.1) is 36.1 Å². The van der Waals surface area contributed by atoms with Crippen molar-refractivity contribution >= 4 is 39.9 Å². The molecule has 3 aliphatic heterocycles. The molecule has 2 aromatic carbocycles. The molecule has 4 heterocycles. The van der Waals surface area contributed by atoms with Crippen molar-refractivity contribution in [3.8, 4) is 12.1 Å². The fourth-order valence-electron chi connectivity index (χ4n) is 7.84. The number of carbonyl (C=O) groups excluding carboxylic acids is 1. The van der Waals surface area contributed by atoms with Gasteiger partial charge >= 0.3 is 6.01 Å². The predicted molar refractivity (Wildman–Crippen MR) is 189 cm³/mol. The third-order valence-electron chi connectivity index (χ3n) is 10.8. The number of nitrogens with zero attached hydrogens (tertiary/aromatic N) is 7. The monoisotopic (exact) mass is 651 g/mol. The summed E-state index contributed by atoms with van der Waals surface area (Å²) in [6, 6.07) is 15.4. The van der Waals surface area contributed by atoms with Crippen molar-refractivity contribution in [2.45, 2.75) is 68.7 Å². The molecule has 10 heteroatoms. The van der Waals surface area contributed by atoms with Gasteiger partial charge in [0.1, 0.15) is 12.4 Å². The molecule has 3 aromatic rings. The first kappa shape index (κ1) is 31.8. The summed E-state index contributed by atoms with van der Waals surface area (Å²) in [4.78, 5) is 31.5. The molecule has 47 heavy (non-hydrogen) atoms. The lowest BCUT2D eigenvalue weighted by Crippen LogP contribution is -2.55. The number of hydrogen-bond donors (Lipinski definition) is 0. The van der Waals surface area contributed by atoms with Crippen LogP contribution in [0.15, 0.2) is 49.1 Å². The molecule has 0 N–H and O–H groups in total. The molecule has 7 rings (SSSR count). The van der Waals surface area contributed by atoms with Crippen molar-refractivity contribution in [1.29, 1.82) is 5.26 Å². The fourth-order valence-corrected chi connectivity index (χ4v) is 9.33. The molecule has 1 unspecified atom stereocenters. The second-order valence-electron chi connectivity index (χ2n) is 13.7. The summed E-state index contributed by atoms with van der Waals surface area (Å²) in [7, 11) is 2.20. The minimum absolute atomic E-state index is 0.133. The van der Waals surface area contributed by atoms with Crippen LogP contribution in [0, 0.1) is 24.2 Å². The zero-order chi connectivity index (χ0) is 32.7. The first-order chi connectivity index (χ1) is 22.8. The molecule has 0 spiro atoms. The Hall–Kier alpha value is -3.81. The van der Waals surface area contributed by atoms with Gasteiger partial charge in [-0.15, -0.1) is 11.8 Å². The van der Waals surface area contributed by atoms with Gasteiger partial charge in [0.15, 0.2) is 0 Å². The number of benzene rings is 2. The molecular formula is C37H45N7O2S. The Balaban J connectivity index is 1.15. The minimum Gasteiger partial charge on any atom is -0.462 e. The first-order valence-electron chi connectivity index (χ1n) is 17.0. The van der Waals surface area contributed by atoms with Gasteiger partial charge in [0, 0.05) is 54.1 Å². The quantitative estimate of drug-likeness (QED) is 0.207. The van der Waals surface area contributed by atoms with Gasteiger partial charge in [0.2, 0.25) is 5.91 Å². The first-order valence-corrected chi connectivity index (χ1v) is 17.9. The fraction of sp³-hybridized carbons (Fsp3) is 0.514. The summed E-state index contributed by atoms with van der Waals surface area (Å²) in [5.41, 5.74) is 4.59.